The number of hydrogen-bond donors (Lipinski definition) is 4. The molecule has 1 fully saturated rings. The van der Waals surface area contributed by atoms with E-state index in [1.807, 2.05) is 36.4 Å². The van der Waals surface area contributed by atoms with E-state index < -0.39 is 35.5 Å². The molecule has 224 valence electrons. The van der Waals surface area contributed by atoms with Gasteiger partial charge in [-0.2, -0.15) is 0 Å². The second-order valence-electron chi connectivity index (χ2n) is 10.5. The van der Waals surface area contributed by atoms with E-state index in [1.165, 1.54) is 7.11 Å². The number of anilines is 1. The summed E-state index contributed by atoms with van der Waals surface area (Å²) in [7, 11) is 1.27. The first-order chi connectivity index (χ1) is 19.9. The van der Waals surface area contributed by atoms with E-state index in [0.717, 1.165) is 28.6 Å². The Kier molecular flexibility index (Phi) is 11.5. The lowest BCUT2D eigenvalue weighted by molar-refractivity contribution is -0.143. The van der Waals surface area contributed by atoms with Crippen LogP contribution >= 0.6 is 11.8 Å². The van der Waals surface area contributed by atoms with E-state index in [0.29, 0.717) is 42.8 Å². The Morgan fingerprint density at radius 3 is 2.29 bits per heavy atom. The van der Waals surface area contributed by atoms with Crippen LogP contribution in [-0.4, -0.2) is 54.4 Å². The second-order valence-corrected chi connectivity index (χ2v) is 11.5. The fourth-order valence-corrected chi connectivity index (χ4v) is 4.54. The van der Waals surface area contributed by atoms with Crippen LogP contribution in [-0.2, 0) is 25.6 Å². The summed E-state index contributed by atoms with van der Waals surface area (Å²) >= 11 is 0.874. The summed E-state index contributed by atoms with van der Waals surface area (Å²) in [5.41, 5.74) is 2.43. The van der Waals surface area contributed by atoms with Gasteiger partial charge in [-0.3, -0.25) is 19.7 Å². The van der Waals surface area contributed by atoms with Gasteiger partial charge in [0.25, 0.3) is 17.1 Å². The molecule has 2 aromatic carbocycles. The second kappa shape index (κ2) is 15.1. The van der Waals surface area contributed by atoms with Crippen LogP contribution in [0.25, 0.3) is 6.08 Å². The van der Waals surface area contributed by atoms with Crippen LogP contribution in [0.4, 0.5) is 15.3 Å². The maximum Gasteiger partial charge on any atom is 0.407 e. The fraction of sp³-hybridized carbons (Fsp3) is 0.367. The third-order valence-corrected chi connectivity index (χ3v) is 6.75. The average molecular weight is 597 g/mol. The molecule has 0 saturated carbocycles. The topological polar surface area (TPSA) is 152 Å². The number of alkyl carbamates (subject to hydrolysis) is 1. The first kappa shape index (κ1) is 32.2. The molecule has 1 atom stereocenters. The summed E-state index contributed by atoms with van der Waals surface area (Å²) in [5, 5.41) is 10.6. The Morgan fingerprint density at radius 2 is 1.69 bits per heavy atom. The van der Waals surface area contributed by atoms with Crippen molar-refractivity contribution in [2.75, 3.05) is 19.0 Å². The van der Waals surface area contributed by atoms with E-state index >= 15 is 0 Å². The monoisotopic (exact) mass is 596 g/mol. The molecule has 2 aromatic rings. The molecule has 4 N–H and O–H groups in total. The van der Waals surface area contributed by atoms with Gasteiger partial charge in [0.05, 0.1) is 12.0 Å². The van der Waals surface area contributed by atoms with E-state index in [9.17, 15) is 24.0 Å². The smallest absolute Gasteiger partial charge is 0.407 e. The third-order valence-electron chi connectivity index (χ3n) is 5.94. The zero-order valence-corrected chi connectivity index (χ0v) is 24.9. The number of carbonyl (C=O) groups excluding carboxylic acids is 5. The Bertz CT molecular complexity index is 1320. The Hall–Kier alpha value is -4.32. The van der Waals surface area contributed by atoms with Gasteiger partial charge in [0, 0.05) is 24.3 Å². The number of ether oxygens (including phenoxy) is 2. The van der Waals surface area contributed by atoms with Gasteiger partial charge in [-0.15, -0.1) is 0 Å². The van der Waals surface area contributed by atoms with Gasteiger partial charge in [0.2, 0.25) is 0 Å². The number of rotatable bonds is 12. The van der Waals surface area contributed by atoms with Crippen molar-refractivity contribution >= 4 is 52.6 Å². The number of nitrogens with one attached hydrogen (secondary N) is 4. The molecule has 12 heteroatoms. The summed E-state index contributed by atoms with van der Waals surface area (Å²) in [6.45, 7) is 6.25. The lowest BCUT2D eigenvalue weighted by atomic mass is 10.1. The molecule has 3 rings (SSSR count). The number of benzene rings is 2. The molecular weight excluding hydrogens is 560 g/mol. The van der Waals surface area contributed by atoms with Crippen LogP contribution in [0.2, 0.25) is 0 Å². The van der Waals surface area contributed by atoms with Crippen molar-refractivity contribution in [1.29, 1.82) is 0 Å². The number of hydrogen-bond acceptors (Lipinski definition) is 9. The van der Waals surface area contributed by atoms with Gasteiger partial charge < -0.3 is 25.4 Å². The summed E-state index contributed by atoms with van der Waals surface area (Å²) in [5.74, 6) is -1.32. The molecule has 4 amide bonds. The Morgan fingerprint density at radius 1 is 1.00 bits per heavy atom. The first-order valence-electron chi connectivity index (χ1n) is 13.5. The van der Waals surface area contributed by atoms with Crippen LogP contribution in [0.15, 0.2) is 53.4 Å². The lowest BCUT2D eigenvalue weighted by Gasteiger charge is -2.20. The van der Waals surface area contributed by atoms with Crippen molar-refractivity contribution in [1.82, 2.24) is 16.0 Å². The van der Waals surface area contributed by atoms with Gasteiger partial charge in [0.15, 0.2) is 0 Å². The largest absolute Gasteiger partial charge is 0.467 e. The maximum absolute atomic E-state index is 12.8. The summed E-state index contributed by atoms with van der Waals surface area (Å²) in [4.78, 5) is 60.2. The minimum Gasteiger partial charge on any atom is -0.467 e. The minimum atomic E-state index is -0.814. The molecule has 0 radical (unpaired) electrons. The summed E-state index contributed by atoms with van der Waals surface area (Å²) in [6.07, 6.45) is 2.69. The SMILES string of the molecule is COC(=O)[C@H](CCCCNC(=O)OC(C)(C)C)NC(=O)c1ccc(CNc2ccc(/C=C3\SC(=O)NC3=O)cc2)cc1. The molecule has 1 aliphatic heterocycles. The van der Waals surface area contributed by atoms with Crippen LogP contribution in [0.1, 0.15) is 61.5 Å². The zero-order valence-electron chi connectivity index (χ0n) is 24.1. The molecular formula is C30H36N4O7S. The molecule has 0 unspecified atom stereocenters. The highest BCUT2D eigenvalue weighted by atomic mass is 32.2. The minimum absolute atomic E-state index is 0.357. The Balaban J connectivity index is 1.45. The molecule has 42 heavy (non-hydrogen) atoms. The van der Waals surface area contributed by atoms with E-state index in [-0.39, 0.29) is 5.24 Å². The van der Waals surface area contributed by atoms with Gasteiger partial charge in [-0.1, -0.05) is 24.3 Å². The number of unbranched alkanes of at least 4 members (excludes halogenated alkanes) is 1. The van der Waals surface area contributed by atoms with Gasteiger partial charge >= 0.3 is 12.1 Å². The molecule has 1 aliphatic rings. The van der Waals surface area contributed by atoms with Gasteiger partial charge in [-0.25, -0.2) is 9.59 Å². The zero-order chi connectivity index (χ0) is 30.7. The maximum atomic E-state index is 12.8. The van der Waals surface area contributed by atoms with Crippen molar-refractivity contribution in [2.45, 2.75) is 58.2 Å². The van der Waals surface area contributed by atoms with E-state index in [4.69, 9.17) is 9.47 Å². The highest BCUT2D eigenvalue weighted by molar-refractivity contribution is 8.18. The number of carbonyl (C=O) groups is 5. The predicted molar refractivity (Wildman–Crippen MR) is 161 cm³/mol. The highest BCUT2D eigenvalue weighted by Gasteiger charge is 2.25. The highest BCUT2D eigenvalue weighted by Crippen LogP contribution is 2.26. The summed E-state index contributed by atoms with van der Waals surface area (Å²) < 4.78 is 10.0. The van der Waals surface area contributed by atoms with Crippen molar-refractivity contribution in [2.24, 2.45) is 0 Å². The molecule has 1 heterocycles. The number of amides is 4. The average Bonchev–Trinajstić information content (AvgIpc) is 3.26. The fourth-order valence-electron chi connectivity index (χ4n) is 3.86. The quantitative estimate of drug-likeness (QED) is 0.157. The predicted octanol–water partition coefficient (Wildman–Crippen LogP) is 4.59. The molecule has 1 saturated heterocycles. The van der Waals surface area contributed by atoms with Crippen molar-refractivity contribution in [3.05, 3.63) is 70.1 Å². The molecule has 0 bridgehead atoms. The van der Waals surface area contributed by atoms with Crippen molar-refractivity contribution in [3.63, 3.8) is 0 Å². The van der Waals surface area contributed by atoms with Crippen LogP contribution < -0.4 is 21.3 Å². The van der Waals surface area contributed by atoms with Crippen molar-refractivity contribution in [3.8, 4) is 0 Å². The van der Waals surface area contributed by atoms with E-state index in [1.54, 1.807) is 39.0 Å². The van der Waals surface area contributed by atoms with Crippen LogP contribution in [0.3, 0.4) is 0 Å². The number of imide groups is 1. The Labute approximate surface area is 249 Å². The number of thioether (sulfide) groups is 1. The van der Waals surface area contributed by atoms with E-state index in [2.05, 4.69) is 21.3 Å². The summed E-state index contributed by atoms with van der Waals surface area (Å²) in [6, 6.07) is 13.6. The molecule has 0 aromatic heterocycles. The molecule has 11 nitrogen and oxygen atoms in total. The van der Waals surface area contributed by atoms with Gasteiger partial charge in [-0.05, 0) is 93.3 Å². The van der Waals surface area contributed by atoms with Crippen LogP contribution in [0, 0.1) is 0 Å². The normalized spacial score (nSPS) is 14.6. The van der Waals surface area contributed by atoms with Crippen LogP contribution in [0.5, 0.6) is 0 Å². The molecule has 0 aliphatic carbocycles. The number of methoxy groups -OCH3 is 1. The first-order valence-corrected chi connectivity index (χ1v) is 14.3. The third kappa shape index (κ3) is 10.6. The molecule has 0 spiro atoms. The standard InChI is InChI=1S/C30H36N4O7S/c1-30(2,3)41-28(38)31-16-6-5-7-23(27(37)40-4)33-25(35)21-12-8-20(9-13-21)18-32-22-14-10-19(11-15-22)17-24-26(36)34-29(39)42-24/h8-15,17,23,32H,5-7,16,18H2,1-4H3,(H,31,38)(H,33,35)(H,34,36,39)/b24-17-/t23-/m0/s1. The van der Waals surface area contributed by atoms with Gasteiger partial charge in [0.1, 0.15) is 11.6 Å². The van der Waals surface area contributed by atoms with Crippen molar-refractivity contribution < 1.29 is 33.4 Å². The lowest BCUT2D eigenvalue weighted by Crippen LogP contribution is -2.41. The number of esters is 1.